The zero-order valence-corrected chi connectivity index (χ0v) is 25.4. The molecule has 0 spiro atoms. The lowest BCUT2D eigenvalue weighted by Gasteiger charge is -2.42. The number of nitrogens with one attached hydrogen (secondary N) is 2. The summed E-state index contributed by atoms with van der Waals surface area (Å²) in [4.78, 5) is 26.9. The fourth-order valence-electron chi connectivity index (χ4n) is 6.53. The van der Waals surface area contributed by atoms with Crippen LogP contribution in [0, 0.1) is 22.7 Å². The first-order valence-corrected chi connectivity index (χ1v) is 15.5. The van der Waals surface area contributed by atoms with Gasteiger partial charge in [0.15, 0.2) is 0 Å². The highest BCUT2D eigenvalue weighted by Crippen LogP contribution is 2.43. The van der Waals surface area contributed by atoms with E-state index >= 15 is 0 Å². The van der Waals surface area contributed by atoms with Crippen LogP contribution in [0.25, 0.3) is 0 Å². The number of ether oxygens (including phenoxy) is 2. The predicted molar refractivity (Wildman–Crippen MR) is 171 cm³/mol. The second-order valence-electron chi connectivity index (χ2n) is 11.9. The topological polar surface area (TPSA) is 124 Å². The van der Waals surface area contributed by atoms with E-state index in [0.29, 0.717) is 67.6 Å². The van der Waals surface area contributed by atoms with E-state index in [4.69, 9.17) is 9.47 Å². The Morgan fingerprint density at radius 3 is 2.04 bits per heavy atom. The monoisotopic (exact) mass is 610 g/mol. The van der Waals surface area contributed by atoms with E-state index in [1.54, 1.807) is 48.5 Å². The molecule has 46 heavy (non-hydrogen) atoms. The molecule has 2 N–H and O–H groups in total. The standard InChI is InChI=1S/C38H34N4O4/c39-25-27-12-14-29(15-13-27)35(43)46-38(32-9-2-1-3-10-32)18-21-42-34(24-38)30-7-5-11-33(23-30)37(16-19-41-20-17-37)45-36(44)31-8-4-6-28(22-31)26-40/h1-15,22-23,34,41-42H,16-21,24H2. The highest BCUT2D eigenvalue weighted by Gasteiger charge is 2.43. The molecule has 2 fully saturated rings. The van der Waals surface area contributed by atoms with Crippen molar-refractivity contribution in [3.63, 3.8) is 0 Å². The van der Waals surface area contributed by atoms with Crippen LogP contribution in [0.2, 0.25) is 0 Å². The van der Waals surface area contributed by atoms with Crippen molar-refractivity contribution in [2.75, 3.05) is 19.6 Å². The van der Waals surface area contributed by atoms with E-state index in [1.165, 1.54) is 0 Å². The van der Waals surface area contributed by atoms with Gasteiger partial charge in [-0.2, -0.15) is 10.5 Å². The summed E-state index contributed by atoms with van der Waals surface area (Å²) in [6, 6.07) is 35.1. The van der Waals surface area contributed by atoms with Gasteiger partial charge in [-0.3, -0.25) is 0 Å². The average Bonchev–Trinajstić information content (AvgIpc) is 3.12. The lowest BCUT2D eigenvalue weighted by atomic mass is 9.78. The molecular weight excluding hydrogens is 576 g/mol. The maximum atomic E-state index is 13.5. The molecule has 0 radical (unpaired) electrons. The molecule has 0 amide bonds. The molecule has 2 aliphatic rings. The van der Waals surface area contributed by atoms with E-state index in [9.17, 15) is 20.1 Å². The molecule has 2 aliphatic heterocycles. The predicted octanol–water partition coefficient (Wildman–Crippen LogP) is 6.04. The molecular formula is C38H34N4O4. The van der Waals surface area contributed by atoms with Crippen LogP contribution < -0.4 is 10.6 Å². The minimum Gasteiger partial charge on any atom is -0.450 e. The van der Waals surface area contributed by atoms with Crippen LogP contribution in [0.3, 0.4) is 0 Å². The third-order valence-corrected chi connectivity index (χ3v) is 9.03. The lowest BCUT2D eigenvalue weighted by molar-refractivity contribution is -0.0465. The number of rotatable bonds is 7. The molecule has 6 rings (SSSR count). The molecule has 0 saturated carbocycles. The first-order chi connectivity index (χ1) is 22.4. The number of esters is 2. The summed E-state index contributed by atoms with van der Waals surface area (Å²) in [6.45, 7) is 2.00. The van der Waals surface area contributed by atoms with Crippen LogP contribution >= 0.6 is 0 Å². The summed E-state index contributed by atoms with van der Waals surface area (Å²) < 4.78 is 12.7. The van der Waals surface area contributed by atoms with Gasteiger partial charge >= 0.3 is 11.9 Å². The third kappa shape index (κ3) is 6.41. The lowest BCUT2D eigenvalue weighted by Crippen LogP contribution is -2.45. The number of nitrogens with zero attached hydrogens (tertiary/aromatic N) is 2. The summed E-state index contributed by atoms with van der Waals surface area (Å²) >= 11 is 0. The highest BCUT2D eigenvalue weighted by atomic mass is 16.6. The fourth-order valence-corrected chi connectivity index (χ4v) is 6.53. The van der Waals surface area contributed by atoms with Crippen molar-refractivity contribution < 1.29 is 19.1 Å². The van der Waals surface area contributed by atoms with Crippen LogP contribution in [0.5, 0.6) is 0 Å². The molecule has 4 aromatic rings. The summed E-state index contributed by atoms with van der Waals surface area (Å²) in [5.74, 6) is -0.901. The molecule has 0 aliphatic carbocycles. The number of hydrogen-bond acceptors (Lipinski definition) is 8. The minimum absolute atomic E-state index is 0.149. The Balaban J connectivity index is 1.30. The van der Waals surface area contributed by atoms with E-state index in [-0.39, 0.29) is 6.04 Å². The number of benzene rings is 4. The molecule has 2 unspecified atom stereocenters. The van der Waals surface area contributed by atoms with Gasteiger partial charge in [-0.1, -0.05) is 60.7 Å². The van der Waals surface area contributed by atoms with E-state index in [0.717, 1.165) is 16.7 Å². The van der Waals surface area contributed by atoms with E-state index in [2.05, 4.69) is 34.9 Å². The Kier molecular flexibility index (Phi) is 8.94. The minimum atomic E-state index is -0.886. The Morgan fingerprint density at radius 1 is 0.652 bits per heavy atom. The van der Waals surface area contributed by atoms with Gasteiger partial charge in [-0.25, -0.2) is 9.59 Å². The normalized spacial score (nSPS) is 20.4. The molecule has 230 valence electrons. The first-order valence-electron chi connectivity index (χ1n) is 15.5. The SMILES string of the molecule is N#Cc1ccc(C(=O)OC2(c3ccccc3)CCNC(c3cccc(C4(OC(=O)c5cccc(C#N)c5)CCNCC4)c3)C2)cc1. The van der Waals surface area contributed by atoms with Crippen LogP contribution in [0.1, 0.15) is 80.3 Å². The smallest absolute Gasteiger partial charge is 0.339 e. The Morgan fingerprint density at radius 2 is 1.30 bits per heavy atom. The molecule has 0 aromatic heterocycles. The molecule has 0 bridgehead atoms. The molecule has 8 heteroatoms. The Labute approximate surface area is 268 Å². The number of piperidine rings is 2. The van der Waals surface area contributed by atoms with Gasteiger partial charge in [0.2, 0.25) is 0 Å². The highest BCUT2D eigenvalue weighted by molar-refractivity contribution is 5.90. The summed E-state index contributed by atoms with van der Waals surface area (Å²) in [6.07, 6.45) is 2.30. The van der Waals surface area contributed by atoms with Gasteiger partial charge in [-0.05, 0) is 78.8 Å². The number of carbonyl (C=O) groups is 2. The van der Waals surface area contributed by atoms with Crippen molar-refractivity contribution >= 4 is 11.9 Å². The average molecular weight is 611 g/mol. The molecule has 4 aromatic carbocycles. The zero-order chi connectivity index (χ0) is 32.0. The largest absolute Gasteiger partial charge is 0.450 e. The number of hydrogen-bond donors (Lipinski definition) is 2. The quantitative estimate of drug-likeness (QED) is 0.243. The van der Waals surface area contributed by atoms with Crippen molar-refractivity contribution in [3.8, 4) is 12.1 Å². The maximum Gasteiger partial charge on any atom is 0.339 e. The van der Waals surface area contributed by atoms with Gasteiger partial charge in [-0.15, -0.1) is 0 Å². The molecule has 2 atom stereocenters. The molecule has 2 saturated heterocycles. The first kappa shape index (κ1) is 30.7. The Bertz CT molecular complexity index is 1800. The second kappa shape index (κ2) is 13.4. The summed E-state index contributed by atoms with van der Waals surface area (Å²) in [7, 11) is 0. The van der Waals surface area contributed by atoms with Gasteiger partial charge in [0.25, 0.3) is 0 Å². The van der Waals surface area contributed by atoms with Crippen LogP contribution in [-0.4, -0.2) is 31.6 Å². The van der Waals surface area contributed by atoms with Crippen molar-refractivity contribution in [1.82, 2.24) is 10.6 Å². The van der Waals surface area contributed by atoms with Crippen LogP contribution in [0.15, 0.2) is 103 Å². The third-order valence-electron chi connectivity index (χ3n) is 9.03. The second-order valence-corrected chi connectivity index (χ2v) is 11.9. The van der Waals surface area contributed by atoms with Gasteiger partial charge in [0, 0.05) is 31.7 Å². The Hall–Kier alpha value is -5.28. The molecule has 8 nitrogen and oxygen atoms in total. The van der Waals surface area contributed by atoms with Gasteiger partial charge in [0.1, 0.15) is 11.2 Å². The molecule has 2 heterocycles. The summed E-state index contributed by atoms with van der Waals surface area (Å²) in [5.41, 5.74) is 2.72. The maximum absolute atomic E-state index is 13.5. The van der Waals surface area contributed by atoms with Crippen LogP contribution in [-0.2, 0) is 20.7 Å². The van der Waals surface area contributed by atoms with Crippen molar-refractivity contribution in [1.29, 1.82) is 10.5 Å². The van der Waals surface area contributed by atoms with Crippen LogP contribution in [0.4, 0.5) is 0 Å². The fraction of sp³-hybridized carbons (Fsp3) is 0.263. The van der Waals surface area contributed by atoms with Gasteiger partial charge < -0.3 is 20.1 Å². The summed E-state index contributed by atoms with van der Waals surface area (Å²) in [5, 5.41) is 25.5. The van der Waals surface area contributed by atoms with Crippen molar-refractivity contribution in [2.45, 2.75) is 42.9 Å². The van der Waals surface area contributed by atoms with Gasteiger partial charge in [0.05, 0.1) is 34.4 Å². The van der Waals surface area contributed by atoms with E-state index in [1.807, 2.05) is 42.5 Å². The van der Waals surface area contributed by atoms with E-state index < -0.39 is 23.1 Å². The number of carbonyl (C=O) groups excluding carboxylic acids is 2. The number of nitriles is 2. The zero-order valence-electron chi connectivity index (χ0n) is 25.4. The van der Waals surface area contributed by atoms with Crippen molar-refractivity contribution in [2.24, 2.45) is 0 Å². The van der Waals surface area contributed by atoms with Crippen molar-refractivity contribution in [3.05, 3.63) is 142 Å².